The number of benzene rings is 2. The van der Waals surface area contributed by atoms with Gasteiger partial charge in [-0.15, -0.1) is 0 Å². The number of sulfonamides is 1. The van der Waals surface area contributed by atoms with Crippen molar-refractivity contribution in [1.82, 2.24) is 4.31 Å². The molecule has 3 rings (SSSR count). The first-order chi connectivity index (χ1) is 11.3. The monoisotopic (exact) mass is 365 g/mol. The van der Waals surface area contributed by atoms with Crippen LogP contribution in [-0.2, 0) is 14.8 Å². The third-order valence-corrected chi connectivity index (χ3v) is 6.51. The van der Waals surface area contributed by atoms with Gasteiger partial charge in [0.15, 0.2) is 0 Å². The first kappa shape index (κ1) is 17.4. The van der Waals surface area contributed by atoms with Gasteiger partial charge in [-0.2, -0.15) is 4.31 Å². The molecular weight excluding hydrogens is 346 g/mol. The van der Waals surface area contributed by atoms with Crippen LogP contribution in [0.5, 0.6) is 0 Å². The van der Waals surface area contributed by atoms with E-state index in [0.29, 0.717) is 11.6 Å². The van der Waals surface area contributed by atoms with Gasteiger partial charge in [-0.05, 0) is 37.6 Å². The molecule has 2 aromatic carbocycles. The van der Waals surface area contributed by atoms with Crippen molar-refractivity contribution in [3.8, 4) is 0 Å². The predicted molar refractivity (Wildman–Crippen MR) is 94.6 cm³/mol. The number of hydrogen-bond acceptors (Lipinski definition) is 3. The second-order valence-corrected chi connectivity index (χ2v) is 8.82. The molecule has 4 nitrogen and oxygen atoms in total. The van der Waals surface area contributed by atoms with E-state index in [1.165, 1.54) is 10.4 Å². The summed E-state index contributed by atoms with van der Waals surface area (Å²) in [5.74, 6) is 0. The quantitative estimate of drug-likeness (QED) is 0.829. The molecule has 0 aliphatic carbocycles. The Morgan fingerprint density at radius 3 is 2.50 bits per heavy atom. The van der Waals surface area contributed by atoms with E-state index in [1.54, 1.807) is 18.2 Å². The fraction of sp³-hybridized carbons (Fsp3) is 0.333. The Kier molecular flexibility index (Phi) is 4.71. The Balaban J connectivity index is 1.97. The van der Waals surface area contributed by atoms with Crippen LogP contribution in [0, 0.1) is 0 Å². The fourth-order valence-electron chi connectivity index (χ4n) is 2.87. The van der Waals surface area contributed by atoms with Crippen LogP contribution in [0.15, 0.2) is 59.5 Å². The van der Waals surface area contributed by atoms with Crippen LogP contribution in [0.25, 0.3) is 0 Å². The fourth-order valence-corrected chi connectivity index (χ4v) is 4.95. The van der Waals surface area contributed by atoms with Gasteiger partial charge in [0.25, 0.3) is 0 Å². The summed E-state index contributed by atoms with van der Waals surface area (Å²) in [4.78, 5) is 0.205. The Morgan fingerprint density at radius 1 is 1.12 bits per heavy atom. The third kappa shape index (κ3) is 3.35. The number of nitrogens with zero attached hydrogens (tertiary/aromatic N) is 1. The molecule has 0 radical (unpaired) electrons. The maximum absolute atomic E-state index is 13.1. The molecule has 0 saturated carbocycles. The molecule has 1 unspecified atom stereocenters. The molecule has 1 aliphatic rings. The van der Waals surface area contributed by atoms with Crippen molar-refractivity contribution in [3.63, 3.8) is 0 Å². The Morgan fingerprint density at radius 2 is 1.83 bits per heavy atom. The Bertz CT molecular complexity index is 821. The lowest BCUT2D eigenvalue weighted by atomic mass is 10.0. The molecule has 1 saturated heterocycles. The molecule has 0 spiro atoms. The minimum absolute atomic E-state index is 0.205. The highest BCUT2D eigenvalue weighted by atomic mass is 35.5. The zero-order valence-corrected chi connectivity index (χ0v) is 15.2. The average Bonchev–Trinajstić information content (AvgIpc) is 2.55. The summed E-state index contributed by atoms with van der Waals surface area (Å²) in [6, 6.07) is 16.1. The van der Waals surface area contributed by atoms with Crippen LogP contribution in [0.1, 0.15) is 25.5 Å². The maximum Gasteiger partial charge on any atom is 0.243 e. The van der Waals surface area contributed by atoms with E-state index in [2.05, 4.69) is 0 Å². The summed E-state index contributed by atoms with van der Waals surface area (Å²) in [5, 5.41) is 0.404. The normalized spacial score (nSPS) is 21.5. The Hall–Kier alpha value is -1.40. The topological polar surface area (TPSA) is 46.6 Å². The molecule has 1 heterocycles. The molecule has 1 atom stereocenters. The summed E-state index contributed by atoms with van der Waals surface area (Å²) in [5.41, 5.74) is 0.339. The van der Waals surface area contributed by atoms with E-state index >= 15 is 0 Å². The van der Waals surface area contributed by atoms with Crippen LogP contribution < -0.4 is 0 Å². The summed E-state index contributed by atoms with van der Waals surface area (Å²) in [6.45, 7) is 4.34. The molecule has 6 heteroatoms. The molecule has 24 heavy (non-hydrogen) atoms. The highest BCUT2D eigenvalue weighted by Crippen LogP contribution is 2.35. The van der Waals surface area contributed by atoms with E-state index < -0.39 is 15.6 Å². The first-order valence-corrected chi connectivity index (χ1v) is 9.57. The molecule has 0 aromatic heterocycles. The first-order valence-electron chi connectivity index (χ1n) is 7.76. The van der Waals surface area contributed by atoms with E-state index in [9.17, 15) is 8.42 Å². The number of halogens is 1. The SMILES string of the molecule is CC1(C)COC(c2ccccc2)CN1S(=O)(=O)c1cccc(Cl)c1. The van der Waals surface area contributed by atoms with Crippen LogP contribution in [-0.4, -0.2) is 31.4 Å². The van der Waals surface area contributed by atoms with Gasteiger partial charge in [-0.3, -0.25) is 0 Å². The zero-order chi connectivity index (χ0) is 17.4. The number of ether oxygens (including phenoxy) is 1. The van der Waals surface area contributed by atoms with Gasteiger partial charge in [0, 0.05) is 11.6 Å². The molecule has 1 aliphatic heterocycles. The zero-order valence-electron chi connectivity index (χ0n) is 13.6. The minimum atomic E-state index is -3.66. The van der Waals surface area contributed by atoms with Crippen LogP contribution >= 0.6 is 11.6 Å². The Labute approximate surface area is 148 Å². The molecule has 128 valence electrons. The van der Waals surface area contributed by atoms with Crippen molar-refractivity contribution >= 4 is 21.6 Å². The standard InChI is InChI=1S/C18H20ClNO3S/c1-18(2)13-23-17(14-7-4-3-5-8-14)12-20(18)24(21,22)16-10-6-9-15(19)11-16/h3-11,17H,12-13H2,1-2H3. The highest BCUT2D eigenvalue weighted by molar-refractivity contribution is 7.89. The van der Waals surface area contributed by atoms with Gasteiger partial charge >= 0.3 is 0 Å². The van der Waals surface area contributed by atoms with Gasteiger partial charge in [-0.25, -0.2) is 8.42 Å². The van der Waals surface area contributed by atoms with Gasteiger partial charge in [-0.1, -0.05) is 48.0 Å². The summed E-state index contributed by atoms with van der Waals surface area (Å²) >= 11 is 5.98. The van der Waals surface area contributed by atoms with Crippen molar-refractivity contribution in [2.45, 2.75) is 30.4 Å². The summed E-state index contributed by atoms with van der Waals surface area (Å²) < 4.78 is 33.7. The minimum Gasteiger partial charge on any atom is -0.370 e. The van der Waals surface area contributed by atoms with Crippen LogP contribution in [0.4, 0.5) is 0 Å². The van der Waals surface area contributed by atoms with Crippen molar-refractivity contribution in [2.75, 3.05) is 13.2 Å². The molecule has 0 N–H and O–H groups in total. The summed E-state index contributed by atoms with van der Waals surface area (Å²) in [6.07, 6.45) is -0.284. The molecule has 0 bridgehead atoms. The van der Waals surface area contributed by atoms with E-state index in [1.807, 2.05) is 44.2 Å². The predicted octanol–water partition coefficient (Wildman–Crippen LogP) is 3.88. The van der Waals surface area contributed by atoms with E-state index in [4.69, 9.17) is 16.3 Å². The highest BCUT2D eigenvalue weighted by Gasteiger charge is 2.43. The van der Waals surface area contributed by atoms with E-state index in [0.717, 1.165) is 5.56 Å². The lowest BCUT2D eigenvalue weighted by molar-refractivity contribution is -0.0655. The van der Waals surface area contributed by atoms with Crippen molar-refractivity contribution < 1.29 is 13.2 Å². The van der Waals surface area contributed by atoms with E-state index in [-0.39, 0.29) is 17.5 Å². The van der Waals surface area contributed by atoms with Gasteiger partial charge in [0.2, 0.25) is 10.0 Å². The number of morpholine rings is 1. The summed E-state index contributed by atoms with van der Waals surface area (Å²) in [7, 11) is -3.66. The van der Waals surface area contributed by atoms with Crippen molar-refractivity contribution in [1.29, 1.82) is 0 Å². The number of hydrogen-bond donors (Lipinski definition) is 0. The lowest BCUT2D eigenvalue weighted by Gasteiger charge is -2.44. The largest absolute Gasteiger partial charge is 0.370 e. The van der Waals surface area contributed by atoms with Gasteiger partial charge in [0.1, 0.15) is 0 Å². The van der Waals surface area contributed by atoms with Gasteiger partial charge < -0.3 is 4.74 Å². The van der Waals surface area contributed by atoms with Crippen molar-refractivity contribution in [2.24, 2.45) is 0 Å². The second-order valence-electron chi connectivity index (χ2n) is 6.52. The average molecular weight is 366 g/mol. The molecule has 2 aromatic rings. The second kappa shape index (κ2) is 6.48. The number of rotatable bonds is 3. The van der Waals surface area contributed by atoms with Crippen LogP contribution in [0.2, 0.25) is 5.02 Å². The maximum atomic E-state index is 13.1. The van der Waals surface area contributed by atoms with Gasteiger partial charge in [0.05, 0.1) is 23.1 Å². The molecule has 1 fully saturated rings. The van der Waals surface area contributed by atoms with Crippen molar-refractivity contribution in [3.05, 3.63) is 65.2 Å². The smallest absolute Gasteiger partial charge is 0.243 e. The molecule has 0 amide bonds. The lowest BCUT2D eigenvalue weighted by Crippen LogP contribution is -2.56. The van der Waals surface area contributed by atoms with Crippen LogP contribution in [0.3, 0.4) is 0 Å². The third-order valence-electron chi connectivity index (χ3n) is 4.20. The molecular formula is C18H20ClNO3S.